The number of nitrogens with zero attached hydrogens (tertiary/aromatic N) is 2. The fourth-order valence-corrected chi connectivity index (χ4v) is 2.71. The van der Waals surface area contributed by atoms with Crippen LogP contribution in [-0.4, -0.2) is 23.7 Å². The molecule has 28 heavy (non-hydrogen) atoms. The maximum atomic E-state index is 12.9. The molecule has 1 aliphatic rings. The lowest BCUT2D eigenvalue weighted by atomic mass is 10.2. The van der Waals surface area contributed by atoms with Gasteiger partial charge in [0.1, 0.15) is 17.2 Å². The molecule has 1 amide bonds. The number of hydrazone groups is 1. The molecule has 0 spiro atoms. The standard InChI is InChI=1S/C19H18F3N3O3/c1-27-15-10-16(18(26)25-24-13-6-2-3-7-13)23-17(11-15)28-14-8-4-5-12(9-14)19(20,21)22/h4-5,8-11H,2-3,6-7H2,1H3,(H,25,26). The second-order valence-corrected chi connectivity index (χ2v) is 6.18. The first-order valence-electron chi connectivity index (χ1n) is 8.62. The number of hydrogen-bond donors (Lipinski definition) is 1. The van der Waals surface area contributed by atoms with Crippen molar-refractivity contribution in [3.05, 3.63) is 47.7 Å². The van der Waals surface area contributed by atoms with E-state index in [2.05, 4.69) is 15.5 Å². The summed E-state index contributed by atoms with van der Waals surface area (Å²) in [6.45, 7) is 0. The Balaban J connectivity index is 1.81. The number of carbonyl (C=O) groups is 1. The van der Waals surface area contributed by atoms with Crippen LogP contribution >= 0.6 is 0 Å². The van der Waals surface area contributed by atoms with E-state index in [1.54, 1.807) is 0 Å². The number of pyridine rings is 1. The average Bonchev–Trinajstić information content (AvgIpc) is 3.19. The average molecular weight is 393 g/mol. The lowest BCUT2D eigenvalue weighted by Gasteiger charge is -2.11. The quantitative estimate of drug-likeness (QED) is 0.756. The Morgan fingerprint density at radius 1 is 1.14 bits per heavy atom. The highest BCUT2D eigenvalue weighted by molar-refractivity contribution is 5.94. The molecule has 1 fully saturated rings. The molecular weight excluding hydrogens is 375 g/mol. The third-order valence-electron chi connectivity index (χ3n) is 4.12. The van der Waals surface area contributed by atoms with Crippen molar-refractivity contribution in [2.24, 2.45) is 5.10 Å². The Morgan fingerprint density at radius 3 is 2.57 bits per heavy atom. The normalized spacial score (nSPS) is 13.9. The minimum atomic E-state index is -4.49. The van der Waals surface area contributed by atoms with Crippen LogP contribution < -0.4 is 14.9 Å². The van der Waals surface area contributed by atoms with Gasteiger partial charge in [-0.15, -0.1) is 0 Å². The molecule has 0 aliphatic heterocycles. The predicted octanol–water partition coefficient (Wildman–Crippen LogP) is 4.56. The number of benzene rings is 1. The molecule has 9 heteroatoms. The van der Waals surface area contributed by atoms with Crippen molar-refractivity contribution >= 4 is 11.6 Å². The van der Waals surface area contributed by atoms with Crippen LogP contribution in [0.25, 0.3) is 0 Å². The summed E-state index contributed by atoms with van der Waals surface area (Å²) >= 11 is 0. The molecule has 1 aromatic carbocycles. The van der Waals surface area contributed by atoms with Crippen LogP contribution in [0.15, 0.2) is 41.5 Å². The van der Waals surface area contributed by atoms with Gasteiger partial charge in [-0.2, -0.15) is 18.3 Å². The summed E-state index contributed by atoms with van der Waals surface area (Å²) in [5, 5.41) is 4.08. The fourth-order valence-electron chi connectivity index (χ4n) is 2.71. The summed E-state index contributed by atoms with van der Waals surface area (Å²) in [6.07, 6.45) is -0.723. The molecule has 2 aromatic rings. The van der Waals surface area contributed by atoms with Crippen molar-refractivity contribution in [1.29, 1.82) is 0 Å². The molecule has 0 radical (unpaired) electrons. The molecule has 0 saturated heterocycles. The number of alkyl halides is 3. The lowest BCUT2D eigenvalue weighted by molar-refractivity contribution is -0.137. The first-order valence-corrected chi connectivity index (χ1v) is 8.62. The number of amides is 1. The Bertz CT molecular complexity index is 889. The van der Waals surface area contributed by atoms with E-state index in [1.165, 1.54) is 31.4 Å². The van der Waals surface area contributed by atoms with Gasteiger partial charge in [-0.25, -0.2) is 10.4 Å². The number of methoxy groups -OCH3 is 1. The van der Waals surface area contributed by atoms with E-state index in [0.717, 1.165) is 43.5 Å². The van der Waals surface area contributed by atoms with E-state index in [4.69, 9.17) is 9.47 Å². The number of halogens is 3. The molecule has 1 aromatic heterocycles. The Morgan fingerprint density at radius 2 is 1.89 bits per heavy atom. The highest BCUT2D eigenvalue weighted by atomic mass is 19.4. The van der Waals surface area contributed by atoms with Crippen LogP contribution in [0.4, 0.5) is 13.2 Å². The zero-order valence-electron chi connectivity index (χ0n) is 15.0. The summed E-state index contributed by atoms with van der Waals surface area (Å²) in [4.78, 5) is 16.4. The van der Waals surface area contributed by atoms with E-state index in [-0.39, 0.29) is 23.1 Å². The third-order valence-corrected chi connectivity index (χ3v) is 4.12. The van der Waals surface area contributed by atoms with Crippen LogP contribution in [-0.2, 0) is 6.18 Å². The summed E-state index contributed by atoms with van der Waals surface area (Å²) in [5.41, 5.74) is 2.48. The summed E-state index contributed by atoms with van der Waals surface area (Å²) in [6, 6.07) is 7.15. The van der Waals surface area contributed by atoms with Crippen LogP contribution in [0.2, 0.25) is 0 Å². The van der Waals surface area contributed by atoms with Gasteiger partial charge >= 0.3 is 6.18 Å². The maximum Gasteiger partial charge on any atom is 0.416 e. The number of rotatable bonds is 5. The highest BCUT2D eigenvalue weighted by Gasteiger charge is 2.30. The van der Waals surface area contributed by atoms with Crippen molar-refractivity contribution < 1.29 is 27.4 Å². The molecule has 1 heterocycles. The van der Waals surface area contributed by atoms with Crippen molar-refractivity contribution in [2.45, 2.75) is 31.9 Å². The zero-order valence-corrected chi connectivity index (χ0v) is 15.0. The zero-order chi connectivity index (χ0) is 20.1. The molecule has 3 rings (SSSR count). The van der Waals surface area contributed by atoms with Crippen molar-refractivity contribution in [3.63, 3.8) is 0 Å². The minimum absolute atomic E-state index is 0.0244. The van der Waals surface area contributed by atoms with Crippen LogP contribution in [0.3, 0.4) is 0 Å². The maximum absolute atomic E-state index is 12.9. The van der Waals surface area contributed by atoms with Gasteiger partial charge in [-0.1, -0.05) is 6.07 Å². The Kier molecular flexibility index (Phi) is 5.81. The van der Waals surface area contributed by atoms with Crippen molar-refractivity contribution in [3.8, 4) is 17.4 Å². The predicted molar refractivity (Wildman–Crippen MR) is 95.7 cm³/mol. The number of carbonyl (C=O) groups excluding carboxylic acids is 1. The fraction of sp³-hybridized carbons (Fsp3) is 0.316. The van der Waals surface area contributed by atoms with Gasteiger partial charge in [-0.05, 0) is 43.9 Å². The van der Waals surface area contributed by atoms with E-state index in [9.17, 15) is 18.0 Å². The van der Waals surface area contributed by atoms with Gasteiger partial charge in [0.2, 0.25) is 5.88 Å². The summed E-state index contributed by atoms with van der Waals surface area (Å²) in [5.74, 6) is -0.423. The number of ether oxygens (including phenoxy) is 2. The third kappa shape index (κ3) is 4.99. The first kappa shape index (κ1) is 19.7. The van der Waals surface area contributed by atoms with Gasteiger partial charge in [0.15, 0.2) is 0 Å². The smallest absolute Gasteiger partial charge is 0.416 e. The molecule has 0 atom stereocenters. The van der Waals surface area contributed by atoms with Gasteiger partial charge in [0.25, 0.3) is 5.91 Å². The van der Waals surface area contributed by atoms with Gasteiger partial charge in [-0.3, -0.25) is 4.79 Å². The Hall–Kier alpha value is -3.10. The van der Waals surface area contributed by atoms with Crippen LogP contribution in [0, 0.1) is 0 Å². The van der Waals surface area contributed by atoms with Crippen LogP contribution in [0.1, 0.15) is 41.7 Å². The Labute approximate surface area is 159 Å². The van der Waals surface area contributed by atoms with E-state index >= 15 is 0 Å². The van der Waals surface area contributed by atoms with Crippen LogP contribution in [0.5, 0.6) is 17.4 Å². The molecule has 1 aliphatic carbocycles. The molecule has 1 N–H and O–H groups in total. The van der Waals surface area contributed by atoms with Gasteiger partial charge < -0.3 is 9.47 Å². The molecule has 6 nitrogen and oxygen atoms in total. The summed E-state index contributed by atoms with van der Waals surface area (Å²) in [7, 11) is 1.39. The molecule has 0 unspecified atom stereocenters. The number of hydrogen-bond acceptors (Lipinski definition) is 5. The highest BCUT2D eigenvalue weighted by Crippen LogP contribution is 2.33. The molecule has 1 saturated carbocycles. The largest absolute Gasteiger partial charge is 0.496 e. The second kappa shape index (κ2) is 8.28. The van der Waals surface area contributed by atoms with E-state index in [0.29, 0.717) is 0 Å². The van der Waals surface area contributed by atoms with Gasteiger partial charge in [0, 0.05) is 17.8 Å². The monoisotopic (exact) mass is 393 g/mol. The minimum Gasteiger partial charge on any atom is -0.496 e. The topological polar surface area (TPSA) is 72.8 Å². The van der Waals surface area contributed by atoms with Crippen molar-refractivity contribution in [1.82, 2.24) is 10.4 Å². The second-order valence-electron chi connectivity index (χ2n) is 6.18. The van der Waals surface area contributed by atoms with E-state index < -0.39 is 17.6 Å². The van der Waals surface area contributed by atoms with E-state index in [1.807, 2.05) is 0 Å². The number of aromatic nitrogens is 1. The lowest BCUT2D eigenvalue weighted by Crippen LogP contribution is -2.20. The summed E-state index contributed by atoms with van der Waals surface area (Å²) < 4.78 is 49.1. The number of nitrogens with one attached hydrogen (secondary N) is 1. The molecular formula is C19H18F3N3O3. The van der Waals surface area contributed by atoms with Gasteiger partial charge in [0.05, 0.1) is 12.7 Å². The molecule has 148 valence electrons. The first-order chi connectivity index (χ1) is 13.3. The molecule has 0 bridgehead atoms. The van der Waals surface area contributed by atoms with Crippen molar-refractivity contribution in [2.75, 3.05) is 7.11 Å². The SMILES string of the molecule is COc1cc(Oc2cccc(C(F)(F)F)c2)nc(C(=O)NN=C2CCCC2)c1.